The summed E-state index contributed by atoms with van der Waals surface area (Å²) >= 11 is 0. The van der Waals surface area contributed by atoms with Gasteiger partial charge in [0.1, 0.15) is 6.61 Å². The monoisotopic (exact) mass is 415 g/mol. The summed E-state index contributed by atoms with van der Waals surface area (Å²) in [5.74, 6) is -0.654. The molecule has 0 N–H and O–H groups in total. The van der Waals surface area contributed by atoms with Crippen LogP contribution in [0.1, 0.15) is 73.1 Å². The maximum absolute atomic E-state index is 11.9. The number of methoxy groups -OCH3 is 1. The standard InChI is InChI=1S/C21H37NO7/c1-7-15(3)13-17(16(4)27-12-11-21(5,8-2)26-6)14-28-20(25)29-22-18(23)9-10-19(22)24/h15-17H,7-14H2,1-6H3. The Kier molecular flexibility index (Phi) is 10.6. The number of carbonyl (C=O) groups excluding carboxylic acids is 3. The lowest BCUT2D eigenvalue weighted by atomic mass is 9.91. The number of hydrogen-bond acceptors (Lipinski definition) is 7. The Morgan fingerprint density at radius 3 is 2.31 bits per heavy atom. The number of nitrogens with zero attached hydrogens (tertiary/aromatic N) is 1. The van der Waals surface area contributed by atoms with Gasteiger partial charge in [-0.1, -0.05) is 32.3 Å². The van der Waals surface area contributed by atoms with Crippen molar-refractivity contribution in [1.82, 2.24) is 5.06 Å². The average molecular weight is 416 g/mol. The van der Waals surface area contributed by atoms with Gasteiger partial charge in [0.05, 0.1) is 11.7 Å². The molecule has 1 heterocycles. The minimum atomic E-state index is -1.05. The van der Waals surface area contributed by atoms with Crippen LogP contribution in [0.4, 0.5) is 4.79 Å². The zero-order valence-electron chi connectivity index (χ0n) is 18.7. The van der Waals surface area contributed by atoms with E-state index < -0.39 is 18.0 Å². The van der Waals surface area contributed by atoms with Gasteiger partial charge < -0.3 is 14.2 Å². The van der Waals surface area contributed by atoms with Gasteiger partial charge in [0.15, 0.2) is 0 Å². The third kappa shape index (κ3) is 8.30. The summed E-state index contributed by atoms with van der Waals surface area (Å²) in [6.07, 6.45) is 2.39. The van der Waals surface area contributed by atoms with Gasteiger partial charge in [-0.3, -0.25) is 14.4 Å². The average Bonchev–Trinajstić information content (AvgIpc) is 3.02. The van der Waals surface area contributed by atoms with Crippen LogP contribution in [-0.2, 0) is 28.6 Å². The molecule has 8 heteroatoms. The van der Waals surface area contributed by atoms with Crippen molar-refractivity contribution in [1.29, 1.82) is 0 Å². The fourth-order valence-corrected chi connectivity index (χ4v) is 3.03. The van der Waals surface area contributed by atoms with Crippen molar-refractivity contribution >= 4 is 18.0 Å². The van der Waals surface area contributed by atoms with Gasteiger partial charge in [-0.05, 0) is 39.0 Å². The summed E-state index contributed by atoms with van der Waals surface area (Å²) in [4.78, 5) is 39.8. The first-order valence-electron chi connectivity index (χ1n) is 10.5. The summed E-state index contributed by atoms with van der Waals surface area (Å²) in [5.41, 5.74) is -0.221. The van der Waals surface area contributed by atoms with E-state index in [9.17, 15) is 14.4 Å². The zero-order chi connectivity index (χ0) is 22.0. The molecule has 0 aromatic carbocycles. The van der Waals surface area contributed by atoms with Gasteiger partial charge in [-0.25, -0.2) is 4.79 Å². The molecule has 1 aliphatic heterocycles. The molecule has 4 atom stereocenters. The van der Waals surface area contributed by atoms with Crippen molar-refractivity contribution in [2.24, 2.45) is 11.8 Å². The third-order valence-electron chi connectivity index (χ3n) is 5.91. The highest BCUT2D eigenvalue weighted by atomic mass is 16.8. The third-order valence-corrected chi connectivity index (χ3v) is 5.91. The molecule has 0 radical (unpaired) electrons. The van der Waals surface area contributed by atoms with Crippen LogP contribution in [0, 0.1) is 11.8 Å². The van der Waals surface area contributed by atoms with E-state index in [1.54, 1.807) is 7.11 Å². The number of ether oxygens (including phenoxy) is 3. The second-order valence-electron chi connectivity index (χ2n) is 8.08. The summed E-state index contributed by atoms with van der Waals surface area (Å²) in [6, 6.07) is 0. The fraction of sp³-hybridized carbons (Fsp3) is 0.857. The Hall–Kier alpha value is -1.67. The van der Waals surface area contributed by atoms with E-state index in [0.717, 1.165) is 25.7 Å². The molecule has 0 bridgehead atoms. The van der Waals surface area contributed by atoms with E-state index in [2.05, 4.69) is 27.7 Å². The van der Waals surface area contributed by atoms with Crippen molar-refractivity contribution in [2.45, 2.75) is 84.8 Å². The van der Waals surface area contributed by atoms with E-state index in [1.807, 2.05) is 6.92 Å². The highest BCUT2D eigenvalue weighted by Gasteiger charge is 2.34. The maximum Gasteiger partial charge on any atom is 0.533 e. The van der Waals surface area contributed by atoms with E-state index in [1.165, 1.54) is 0 Å². The molecule has 1 fully saturated rings. The SMILES string of the molecule is CCC(C)CC(COC(=O)ON1C(=O)CCC1=O)C(C)OCCC(C)(CC)OC. The number of amides is 2. The molecular weight excluding hydrogens is 378 g/mol. The van der Waals surface area contributed by atoms with E-state index in [0.29, 0.717) is 17.6 Å². The van der Waals surface area contributed by atoms with E-state index >= 15 is 0 Å². The van der Waals surface area contributed by atoms with Crippen LogP contribution in [0.2, 0.25) is 0 Å². The zero-order valence-corrected chi connectivity index (χ0v) is 18.7. The van der Waals surface area contributed by atoms with Crippen molar-refractivity contribution in [3.8, 4) is 0 Å². The van der Waals surface area contributed by atoms with Crippen LogP contribution in [0.3, 0.4) is 0 Å². The van der Waals surface area contributed by atoms with Crippen LogP contribution in [0.5, 0.6) is 0 Å². The second-order valence-corrected chi connectivity index (χ2v) is 8.08. The Morgan fingerprint density at radius 1 is 1.17 bits per heavy atom. The number of hydrogen-bond donors (Lipinski definition) is 0. The van der Waals surface area contributed by atoms with Crippen molar-refractivity contribution in [2.75, 3.05) is 20.3 Å². The lowest BCUT2D eigenvalue weighted by Gasteiger charge is -2.30. The molecule has 0 aliphatic carbocycles. The van der Waals surface area contributed by atoms with Gasteiger partial charge in [-0.2, -0.15) is 0 Å². The summed E-state index contributed by atoms with van der Waals surface area (Å²) in [7, 11) is 1.70. The maximum atomic E-state index is 11.9. The molecule has 8 nitrogen and oxygen atoms in total. The highest BCUT2D eigenvalue weighted by molar-refractivity contribution is 6.01. The van der Waals surface area contributed by atoms with Gasteiger partial charge in [0.2, 0.25) is 0 Å². The molecule has 4 unspecified atom stereocenters. The molecule has 0 aromatic rings. The van der Waals surface area contributed by atoms with Gasteiger partial charge in [0, 0.05) is 32.5 Å². The first-order chi connectivity index (χ1) is 13.7. The first kappa shape index (κ1) is 25.4. The van der Waals surface area contributed by atoms with E-state index in [-0.39, 0.29) is 37.1 Å². The minimum absolute atomic E-state index is 0.0297. The topological polar surface area (TPSA) is 91.4 Å². The Labute approximate surface area is 174 Å². The summed E-state index contributed by atoms with van der Waals surface area (Å²) in [5, 5.41) is 0.488. The van der Waals surface area contributed by atoms with E-state index in [4.69, 9.17) is 19.0 Å². The minimum Gasteiger partial charge on any atom is -0.432 e. The van der Waals surface area contributed by atoms with Gasteiger partial charge in [-0.15, -0.1) is 0 Å². The Morgan fingerprint density at radius 2 is 1.79 bits per heavy atom. The van der Waals surface area contributed by atoms with Crippen molar-refractivity contribution in [3.63, 3.8) is 0 Å². The van der Waals surface area contributed by atoms with Crippen molar-refractivity contribution < 1.29 is 33.4 Å². The fourth-order valence-electron chi connectivity index (χ4n) is 3.03. The lowest BCUT2D eigenvalue weighted by molar-refractivity contribution is -0.177. The second kappa shape index (κ2) is 12.1. The van der Waals surface area contributed by atoms with Crippen molar-refractivity contribution in [3.05, 3.63) is 0 Å². The van der Waals surface area contributed by atoms with Gasteiger partial charge >= 0.3 is 6.16 Å². The molecule has 29 heavy (non-hydrogen) atoms. The Bertz CT molecular complexity index is 531. The van der Waals surface area contributed by atoms with Gasteiger partial charge in [0.25, 0.3) is 11.8 Å². The quantitative estimate of drug-likeness (QED) is 0.333. The van der Waals surface area contributed by atoms with Crippen LogP contribution >= 0.6 is 0 Å². The predicted octanol–water partition coefficient (Wildman–Crippen LogP) is 3.87. The van der Waals surface area contributed by atoms with Crippen LogP contribution in [-0.4, -0.2) is 55.1 Å². The number of imide groups is 1. The predicted molar refractivity (Wildman–Crippen MR) is 107 cm³/mol. The van der Waals surface area contributed by atoms with Crippen LogP contribution < -0.4 is 0 Å². The Balaban J connectivity index is 2.56. The molecule has 0 spiro atoms. The normalized spacial score (nSPS) is 19.6. The number of rotatable bonds is 13. The largest absolute Gasteiger partial charge is 0.533 e. The molecule has 168 valence electrons. The summed E-state index contributed by atoms with van der Waals surface area (Å²) in [6.45, 7) is 11.0. The molecule has 0 saturated carbocycles. The molecule has 2 amide bonds. The van der Waals surface area contributed by atoms with Crippen LogP contribution in [0.25, 0.3) is 0 Å². The number of hydroxylamine groups is 2. The highest BCUT2D eigenvalue weighted by Crippen LogP contribution is 2.24. The molecule has 1 rings (SSSR count). The first-order valence-corrected chi connectivity index (χ1v) is 10.5. The lowest BCUT2D eigenvalue weighted by Crippen LogP contribution is -2.34. The smallest absolute Gasteiger partial charge is 0.432 e. The van der Waals surface area contributed by atoms with Crippen LogP contribution in [0.15, 0.2) is 0 Å². The molecule has 1 aliphatic rings. The number of carbonyl (C=O) groups is 3. The molecule has 1 saturated heterocycles. The molecular formula is C21H37NO7. The molecule has 0 aromatic heterocycles. The summed E-state index contributed by atoms with van der Waals surface area (Å²) < 4.78 is 16.8.